The number of nitrogens with one attached hydrogen (secondary N) is 1. The van der Waals surface area contributed by atoms with Crippen molar-refractivity contribution in [1.82, 2.24) is 10.2 Å². The molecule has 0 aromatic heterocycles. The van der Waals surface area contributed by atoms with E-state index in [1.807, 2.05) is 6.92 Å². The third kappa shape index (κ3) is 4.47. The van der Waals surface area contributed by atoms with E-state index in [1.54, 1.807) is 0 Å². The molecular weight excluding hydrogens is 192 g/mol. The fourth-order valence-electron chi connectivity index (χ4n) is 1.74. The highest BCUT2D eigenvalue weighted by Crippen LogP contribution is 2.07. The van der Waals surface area contributed by atoms with E-state index >= 15 is 0 Å². The van der Waals surface area contributed by atoms with E-state index in [-0.39, 0.29) is 0 Å². The quantitative estimate of drug-likeness (QED) is 0.649. The summed E-state index contributed by atoms with van der Waals surface area (Å²) in [6.07, 6.45) is 0.311. The molecule has 4 heteroatoms. The minimum atomic E-state index is 0.311. The topological polar surface area (TPSA) is 33.7 Å². The summed E-state index contributed by atoms with van der Waals surface area (Å²) in [7, 11) is 2.13. The van der Waals surface area contributed by atoms with E-state index in [9.17, 15) is 0 Å². The molecule has 1 aliphatic rings. The molecular formula is C11H24N2O2. The van der Waals surface area contributed by atoms with Crippen molar-refractivity contribution in [3.63, 3.8) is 0 Å². The summed E-state index contributed by atoms with van der Waals surface area (Å²) in [5.41, 5.74) is 0. The number of likely N-dealkylation sites (N-methyl/N-ethyl adjacent to an activating group) is 1. The van der Waals surface area contributed by atoms with Crippen molar-refractivity contribution in [2.24, 2.45) is 0 Å². The Hall–Kier alpha value is -0.160. The second-order valence-electron chi connectivity index (χ2n) is 4.03. The summed E-state index contributed by atoms with van der Waals surface area (Å²) in [5, 5.41) is 3.35. The van der Waals surface area contributed by atoms with Crippen LogP contribution in [-0.2, 0) is 9.47 Å². The number of nitrogens with zero attached hydrogens (tertiary/aromatic N) is 1. The third-order valence-electron chi connectivity index (χ3n) is 2.98. The number of rotatable bonds is 6. The van der Waals surface area contributed by atoms with Crippen molar-refractivity contribution in [1.29, 1.82) is 0 Å². The number of hydrogen-bond donors (Lipinski definition) is 1. The van der Waals surface area contributed by atoms with Crippen LogP contribution in [0.1, 0.15) is 13.8 Å². The minimum Gasteiger partial charge on any atom is -0.380 e. The lowest BCUT2D eigenvalue weighted by molar-refractivity contribution is -0.0249. The van der Waals surface area contributed by atoms with Crippen LogP contribution in [0.3, 0.4) is 0 Å². The maximum atomic E-state index is 5.72. The van der Waals surface area contributed by atoms with Gasteiger partial charge in [-0.3, -0.25) is 4.90 Å². The lowest BCUT2D eigenvalue weighted by Crippen LogP contribution is -2.50. The SMILES string of the molecule is CCOCCN(C)C(C)C1CNCCO1. The highest BCUT2D eigenvalue weighted by atomic mass is 16.5. The molecule has 1 fully saturated rings. The molecule has 0 aromatic carbocycles. The first kappa shape index (κ1) is 12.9. The summed E-state index contributed by atoms with van der Waals surface area (Å²) in [4.78, 5) is 2.30. The van der Waals surface area contributed by atoms with Crippen LogP contribution in [0.15, 0.2) is 0 Å². The molecule has 0 saturated carbocycles. The molecule has 1 saturated heterocycles. The summed E-state index contributed by atoms with van der Waals surface area (Å²) < 4.78 is 11.1. The fourth-order valence-corrected chi connectivity index (χ4v) is 1.74. The van der Waals surface area contributed by atoms with Gasteiger partial charge in [-0.15, -0.1) is 0 Å². The van der Waals surface area contributed by atoms with Gasteiger partial charge < -0.3 is 14.8 Å². The van der Waals surface area contributed by atoms with Crippen molar-refractivity contribution in [2.75, 3.05) is 46.5 Å². The first-order valence-corrected chi connectivity index (χ1v) is 5.86. The Labute approximate surface area is 92.9 Å². The zero-order chi connectivity index (χ0) is 11.1. The first-order chi connectivity index (χ1) is 7.25. The van der Waals surface area contributed by atoms with E-state index < -0.39 is 0 Å². The Morgan fingerprint density at radius 3 is 3.00 bits per heavy atom. The second kappa shape index (κ2) is 7.17. The van der Waals surface area contributed by atoms with Gasteiger partial charge in [0.05, 0.1) is 19.3 Å². The number of ether oxygens (including phenoxy) is 2. The average Bonchev–Trinajstić information content (AvgIpc) is 2.29. The third-order valence-corrected chi connectivity index (χ3v) is 2.98. The highest BCUT2D eigenvalue weighted by molar-refractivity contribution is 4.78. The molecule has 90 valence electrons. The van der Waals surface area contributed by atoms with Crippen LogP contribution in [0.4, 0.5) is 0 Å². The van der Waals surface area contributed by atoms with Gasteiger partial charge >= 0.3 is 0 Å². The molecule has 1 N–H and O–H groups in total. The van der Waals surface area contributed by atoms with Gasteiger partial charge in [0.25, 0.3) is 0 Å². The average molecular weight is 216 g/mol. The summed E-state index contributed by atoms with van der Waals surface area (Å²) in [5.74, 6) is 0. The van der Waals surface area contributed by atoms with Crippen LogP contribution in [-0.4, -0.2) is 63.5 Å². The fraction of sp³-hybridized carbons (Fsp3) is 1.00. The van der Waals surface area contributed by atoms with Gasteiger partial charge in [-0.25, -0.2) is 0 Å². The van der Waals surface area contributed by atoms with E-state index in [1.165, 1.54) is 0 Å². The summed E-state index contributed by atoms with van der Waals surface area (Å²) in [6, 6.07) is 0.443. The molecule has 2 atom stereocenters. The summed E-state index contributed by atoms with van der Waals surface area (Å²) in [6.45, 7) is 9.57. The Balaban J connectivity index is 2.21. The van der Waals surface area contributed by atoms with Gasteiger partial charge in [0.15, 0.2) is 0 Å². The molecule has 15 heavy (non-hydrogen) atoms. The molecule has 0 radical (unpaired) electrons. The molecule has 0 spiro atoms. The lowest BCUT2D eigenvalue weighted by Gasteiger charge is -2.34. The van der Waals surface area contributed by atoms with E-state index in [2.05, 4.69) is 24.2 Å². The predicted molar refractivity (Wildman–Crippen MR) is 61.2 cm³/mol. The number of morpholine rings is 1. The van der Waals surface area contributed by atoms with E-state index in [0.29, 0.717) is 12.1 Å². The molecule has 4 nitrogen and oxygen atoms in total. The monoisotopic (exact) mass is 216 g/mol. The van der Waals surface area contributed by atoms with Gasteiger partial charge in [0.1, 0.15) is 0 Å². The van der Waals surface area contributed by atoms with Gasteiger partial charge in [0.2, 0.25) is 0 Å². The second-order valence-corrected chi connectivity index (χ2v) is 4.03. The van der Waals surface area contributed by atoms with Crippen LogP contribution in [0, 0.1) is 0 Å². The molecule has 1 heterocycles. The Bertz CT molecular complexity index is 161. The molecule has 0 aromatic rings. The van der Waals surface area contributed by atoms with Crippen LogP contribution in [0.5, 0.6) is 0 Å². The van der Waals surface area contributed by atoms with Crippen molar-refractivity contribution >= 4 is 0 Å². The van der Waals surface area contributed by atoms with Crippen LogP contribution in [0.25, 0.3) is 0 Å². The Kier molecular flexibility index (Phi) is 6.17. The van der Waals surface area contributed by atoms with Crippen LogP contribution in [0.2, 0.25) is 0 Å². The minimum absolute atomic E-state index is 0.311. The van der Waals surface area contributed by atoms with Crippen LogP contribution >= 0.6 is 0 Å². The van der Waals surface area contributed by atoms with Crippen LogP contribution < -0.4 is 5.32 Å². The first-order valence-electron chi connectivity index (χ1n) is 5.86. The van der Waals surface area contributed by atoms with Gasteiger partial charge in [-0.05, 0) is 20.9 Å². The molecule has 0 bridgehead atoms. The largest absolute Gasteiger partial charge is 0.380 e. The smallest absolute Gasteiger partial charge is 0.0852 e. The Morgan fingerprint density at radius 2 is 2.40 bits per heavy atom. The van der Waals surface area contributed by atoms with Crippen molar-refractivity contribution in [3.8, 4) is 0 Å². The zero-order valence-electron chi connectivity index (χ0n) is 10.2. The van der Waals surface area contributed by atoms with Gasteiger partial charge in [-0.2, -0.15) is 0 Å². The maximum Gasteiger partial charge on any atom is 0.0852 e. The highest BCUT2D eigenvalue weighted by Gasteiger charge is 2.23. The summed E-state index contributed by atoms with van der Waals surface area (Å²) >= 11 is 0. The standard InChI is InChI=1S/C11H24N2O2/c1-4-14-8-6-13(3)10(2)11-9-12-5-7-15-11/h10-12H,4-9H2,1-3H3. The molecule has 0 aliphatic carbocycles. The molecule has 2 unspecified atom stereocenters. The molecule has 0 amide bonds. The predicted octanol–water partition coefficient (Wildman–Crippen LogP) is 0.332. The van der Waals surface area contributed by atoms with E-state index in [0.717, 1.165) is 39.5 Å². The van der Waals surface area contributed by atoms with Crippen molar-refractivity contribution in [2.45, 2.75) is 26.0 Å². The van der Waals surface area contributed by atoms with Gasteiger partial charge in [0, 0.05) is 32.3 Å². The Morgan fingerprint density at radius 1 is 1.60 bits per heavy atom. The van der Waals surface area contributed by atoms with Crippen molar-refractivity contribution < 1.29 is 9.47 Å². The normalized spacial score (nSPS) is 24.4. The van der Waals surface area contributed by atoms with Gasteiger partial charge in [-0.1, -0.05) is 0 Å². The number of hydrogen-bond acceptors (Lipinski definition) is 4. The van der Waals surface area contributed by atoms with E-state index in [4.69, 9.17) is 9.47 Å². The zero-order valence-corrected chi connectivity index (χ0v) is 10.2. The van der Waals surface area contributed by atoms with Crippen molar-refractivity contribution in [3.05, 3.63) is 0 Å². The molecule has 1 rings (SSSR count). The maximum absolute atomic E-state index is 5.72. The molecule has 1 aliphatic heterocycles. The lowest BCUT2D eigenvalue weighted by atomic mass is 10.1.